The van der Waals surface area contributed by atoms with E-state index in [-0.39, 0.29) is 11.9 Å². The zero-order valence-electron chi connectivity index (χ0n) is 39.9. The molecule has 0 unspecified atom stereocenters. The number of hydrogen-bond donors (Lipinski definition) is 3. The third-order valence-corrected chi connectivity index (χ3v) is 13.2. The summed E-state index contributed by atoms with van der Waals surface area (Å²) in [6.07, 6.45) is 14.9. The molecule has 4 aliphatic rings. The summed E-state index contributed by atoms with van der Waals surface area (Å²) >= 11 is 0. The van der Waals surface area contributed by atoms with E-state index < -0.39 is 5.60 Å². The summed E-state index contributed by atoms with van der Waals surface area (Å²) < 4.78 is 17.1. The van der Waals surface area contributed by atoms with Crippen LogP contribution in [0.2, 0.25) is 0 Å². The number of nitrogens with two attached hydrogens (primary N) is 1. The quantitative estimate of drug-likeness (QED) is 0.0492. The third-order valence-electron chi connectivity index (χ3n) is 13.2. The predicted molar refractivity (Wildman–Crippen MR) is 260 cm³/mol. The number of piperazine rings is 2. The molecular formula is C51H83N9O4. The van der Waals surface area contributed by atoms with E-state index in [0.29, 0.717) is 12.3 Å². The van der Waals surface area contributed by atoms with Crippen LogP contribution < -0.4 is 20.5 Å². The number of amides is 1. The molecule has 1 amide bonds. The monoisotopic (exact) mass is 886 g/mol. The first kappa shape index (κ1) is 51.1. The zero-order valence-corrected chi connectivity index (χ0v) is 39.9. The lowest BCUT2D eigenvalue weighted by Gasteiger charge is -2.35. The number of amidine groups is 1. The fourth-order valence-electron chi connectivity index (χ4n) is 9.21. The largest absolute Gasteiger partial charge is 0.494 e. The number of nitrogens with zero attached hydrogens (tertiary/aromatic N) is 6. The lowest BCUT2D eigenvalue weighted by Crippen LogP contribution is -2.46. The van der Waals surface area contributed by atoms with E-state index in [1.807, 2.05) is 62.1 Å². The molecule has 4 fully saturated rings. The van der Waals surface area contributed by atoms with Crippen molar-refractivity contribution in [2.45, 2.75) is 103 Å². The molecule has 0 radical (unpaired) electrons. The summed E-state index contributed by atoms with van der Waals surface area (Å²) in [5.41, 5.74) is 6.45. The average molecular weight is 886 g/mol. The summed E-state index contributed by atoms with van der Waals surface area (Å²) in [4.78, 5) is 27.9. The van der Waals surface area contributed by atoms with Crippen molar-refractivity contribution in [3.8, 4) is 11.5 Å². The van der Waals surface area contributed by atoms with Crippen LogP contribution >= 0.6 is 0 Å². The summed E-state index contributed by atoms with van der Waals surface area (Å²) in [6.45, 7) is 32.4. The van der Waals surface area contributed by atoms with Gasteiger partial charge in [0.15, 0.2) is 5.69 Å². The molecule has 4 saturated heterocycles. The minimum Gasteiger partial charge on any atom is -0.494 e. The van der Waals surface area contributed by atoms with Gasteiger partial charge in [0, 0.05) is 84.1 Å². The number of nitrogens with one attached hydrogen (secondary N) is 2. The summed E-state index contributed by atoms with van der Waals surface area (Å²) in [5, 5.41) is 10.9. The molecule has 0 bridgehead atoms. The van der Waals surface area contributed by atoms with Crippen molar-refractivity contribution in [3.63, 3.8) is 0 Å². The molecule has 2 aromatic rings. The molecule has 2 aromatic carbocycles. The van der Waals surface area contributed by atoms with E-state index in [9.17, 15) is 4.79 Å². The highest BCUT2D eigenvalue weighted by Crippen LogP contribution is 2.25. The summed E-state index contributed by atoms with van der Waals surface area (Å²) in [6, 6.07) is 14.8. The van der Waals surface area contributed by atoms with E-state index in [1.54, 1.807) is 12.1 Å². The number of benzene rings is 2. The summed E-state index contributed by atoms with van der Waals surface area (Å²) in [7, 11) is 0. The van der Waals surface area contributed by atoms with Crippen LogP contribution in [0.25, 0.3) is 4.85 Å². The Bertz CT molecular complexity index is 1630. The predicted octanol–water partition coefficient (Wildman–Crippen LogP) is 7.97. The molecule has 4 aliphatic heterocycles. The standard InChI is InChI=1S/C28H44N4O3.C23H39N5O/c1-28(2,3)35-27(33)32-17-13-24(14-18-32)8-5-6-15-30-19-21-31(22-20-30)16-7-23-34-26-11-9-25(29-4)10-12-26;24-23(25)21-5-7-22(8-6-21)29-19-3-14-28-17-15-27(16-18-28)13-2-1-4-20-9-11-26-12-10-20/h9-12,24H,5-8,13-23H2,1-3H3;5-8,20,26H,1-4,9-19H2,(H3,24,25). The Morgan fingerprint density at radius 1 is 0.656 bits per heavy atom. The van der Waals surface area contributed by atoms with E-state index >= 15 is 0 Å². The molecule has 6 rings (SSSR count). The molecule has 0 saturated carbocycles. The number of nitrogen functional groups attached to an aromatic ring is 1. The molecule has 13 nitrogen and oxygen atoms in total. The Labute approximate surface area is 386 Å². The van der Waals surface area contributed by atoms with Crippen molar-refractivity contribution in [1.82, 2.24) is 29.8 Å². The fourth-order valence-corrected chi connectivity index (χ4v) is 9.21. The van der Waals surface area contributed by atoms with Gasteiger partial charge in [-0.25, -0.2) is 9.64 Å². The number of carbonyl (C=O) groups is 1. The number of piperidine rings is 2. The van der Waals surface area contributed by atoms with Crippen molar-refractivity contribution in [2.24, 2.45) is 17.6 Å². The third kappa shape index (κ3) is 20.1. The number of carbonyl (C=O) groups excluding carboxylic acids is 1. The molecule has 4 heterocycles. The Morgan fingerprint density at radius 2 is 1.08 bits per heavy atom. The Hall–Kier alpha value is -3.93. The summed E-state index contributed by atoms with van der Waals surface area (Å²) in [5.74, 6) is 3.51. The minimum atomic E-state index is -0.415. The van der Waals surface area contributed by atoms with Crippen LogP contribution in [-0.2, 0) is 4.74 Å². The van der Waals surface area contributed by atoms with Gasteiger partial charge in [0.25, 0.3) is 0 Å². The van der Waals surface area contributed by atoms with Gasteiger partial charge in [-0.1, -0.05) is 37.8 Å². The Balaban J connectivity index is 0.000000245. The van der Waals surface area contributed by atoms with Gasteiger partial charge < -0.3 is 49.8 Å². The topological polar surface area (TPSA) is 127 Å². The van der Waals surface area contributed by atoms with Crippen LogP contribution in [0.5, 0.6) is 11.5 Å². The highest BCUT2D eigenvalue weighted by molar-refractivity contribution is 5.94. The molecule has 356 valence electrons. The van der Waals surface area contributed by atoms with E-state index in [0.717, 1.165) is 114 Å². The smallest absolute Gasteiger partial charge is 0.410 e. The average Bonchev–Trinajstić information content (AvgIpc) is 3.31. The second-order valence-electron chi connectivity index (χ2n) is 19.4. The molecule has 0 atom stereocenters. The number of hydrogen-bond acceptors (Lipinski definition) is 10. The van der Waals surface area contributed by atoms with Crippen molar-refractivity contribution >= 4 is 17.6 Å². The van der Waals surface area contributed by atoms with Crippen LogP contribution in [0.4, 0.5) is 10.5 Å². The van der Waals surface area contributed by atoms with Gasteiger partial charge in [-0.2, -0.15) is 0 Å². The number of rotatable bonds is 21. The lowest BCUT2D eigenvalue weighted by molar-refractivity contribution is 0.0180. The second kappa shape index (κ2) is 28.2. The first-order valence-electron chi connectivity index (χ1n) is 24.8. The number of unbranched alkanes of at least 4 members (excludes halogenated alkanes) is 2. The highest BCUT2D eigenvalue weighted by atomic mass is 16.6. The maximum absolute atomic E-state index is 12.2. The fraction of sp³-hybridized carbons (Fsp3) is 0.706. The van der Waals surface area contributed by atoms with Crippen LogP contribution in [0, 0.1) is 23.8 Å². The maximum Gasteiger partial charge on any atom is 0.410 e. The highest BCUT2D eigenvalue weighted by Gasteiger charge is 2.27. The maximum atomic E-state index is 12.2. The first-order valence-corrected chi connectivity index (χ1v) is 24.8. The Morgan fingerprint density at radius 3 is 1.50 bits per heavy atom. The minimum absolute atomic E-state index is 0.0949. The van der Waals surface area contributed by atoms with E-state index in [1.165, 1.54) is 104 Å². The zero-order chi connectivity index (χ0) is 45.4. The number of ether oxygens (including phenoxy) is 3. The van der Waals surface area contributed by atoms with Gasteiger partial charge in [0.1, 0.15) is 22.9 Å². The SMILES string of the molecule is N=C(N)c1ccc(OCCCN2CCN(CCCCC3CCNCC3)CC2)cc1.[C-]#[N+]c1ccc(OCCCN2CCN(CCCCC3CCN(C(=O)OC(C)(C)C)CC3)CC2)cc1. The normalized spacial score (nSPS) is 18.8. The molecule has 64 heavy (non-hydrogen) atoms. The van der Waals surface area contributed by atoms with Gasteiger partial charge in [-0.3, -0.25) is 5.41 Å². The molecule has 0 spiro atoms. The van der Waals surface area contributed by atoms with Crippen LogP contribution in [0.1, 0.15) is 103 Å². The second-order valence-corrected chi connectivity index (χ2v) is 19.4. The van der Waals surface area contributed by atoms with Gasteiger partial charge in [0.2, 0.25) is 0 Å². The lowest BCUT2D eigenvalue weighted by atomic mass is 9.91. The van der Waals surface area contributed by atoms with Crippen LogP contribution in [0.15, 0.2) is 48.5 Å². The van der Waals surface area contributed by atoms with Crippen molar-refractivity contribution in [3.05, 3.63) is 65.5 Å². The van der Waals surface area contributed by atoms with Gasteiger partial charge in [0.05, 0.1) is 19.8 Å². The van der Waals surface area contributed by atoms with E-state index in [4.69, 9.17) is 31.9 Å². The first-order chi connectivity index (χ1) is 31.0. The molecule has 13 heteroatoms. The van der Waals surface area contributed by atoms with Gasteiger partial charge in [-0.05, 0) is 147 Å². The van der Waals surface area contributed by atoms with Crippen molar-refractivity contribution < 1.29 is 19.0 Å². The van der Waals surface area contributed by atoms with Crippen LogP contribution in [-0.4, -0.2) is 160 Å². The molecular weight excluding hydrogens is 803 g/mol. The van der Waals surface area contributed by atoms with Crippen LogP contribution in [0.3, 0.4) is 0 Å². The van der Waals surface area contributed by atoms with Gasteiger partial charge in [-0.15, -0.1) is 0 Å². The number of likely N-dealkylation sites (tertiary alicyclic amines) is 1. The van der Waals surface area contributed by atoms with Crippen molar-refractivity contribution in [1.29, 1.82) is 5.41 Å². The molecule has 4 N–H and O–H groups in total. The van der Waals surface area contributed by atoms with E-state index in [2.05, 4.69) is 29.8 Å². The Kier molecular flexibility index (Phi) is 22.5. The molecule has 0 aromatic heterocycles. The van der Waals surface area contributed by atoms with Crippen molar-refractivity contribution in [2.75, 3.05) is 118 Å². The molecule has 0 aliphatic carbocycles. The van der Waals surface area contributed by atoms with Gasteiger partial charge >= 0.3 is 6.09 Å².